The van der Waals surface area contributed by atoms with Crippen LogP contribution in [0.3, 0.4) is 0 Å². The zero-order valence-corrected chi connectivity index (χ0v) is 8.21. The van der Waals surface area contributed by atoms with E-state index in [2.05, 4.69) is 4.74 Å². The molecule has 0 heterocycles. The lowest BCUT2D eigenvalue weighted by atomic mass is 10.2. The van der Waals surface area contributed by atoms with Gasteiger partial charge in [-0.25, -0.2) is 9.18 Å². The summed E-state index contributed by atoms with van der Waals surface area (Å²) < 4.78 is 66.6. The van der Waals surface area contributed by atoms with E-state index < -0.39 is 29.1 Å². The number of hydrogen-bond donors (Lipinski definition) is 0. The van der Waals surface area contributed by atoms with Crippen LogP contribution >= 0.6 is 0 Å². The van der Waals surface area contributed by atoms with Gasteiger partial charge in [-0.3, -0.25) is 0 Å². The van der Waals surface area contributed by atoms with E-state index in [9.17, 15) is 26.7 Å². The third-order valence-electron chi connectivity index (χ3n) is 1.88. The Morgan fingerprint density at radius 1 is 1.00 bits per heavy atom. The number of ether oxygens (including phenoxy) is 1. The standard InChI is InChI=1S/C8H9F5O2/c1-5(2,3)15-4(14)6(9)7(10,11)8(6,12)13/h1-3H3. The van der Waals surface area contributed by atoms with Crippen LogP contribution in [0.5, 0.6) is 0 Å². The maximum Gasteiger partial charge on any atom is 0.364 e. The molecule has 0 aromatic carbocycles. The minimum absolute atomic E-state index is 1.26. The molecule has 0 aromatic heterocycles. The van der Waals surface area contributed by atoms with Crippen LogP contribution < -0.4 is 0 Å². The monoisotopic (exact) mass is 232 g/mol. The van der Waals surface area contributed by atoms with Crippen molar-refractivity contribution in [1.29, 1.82) is 0 Å². The molecule has 1 aliphatic carbocycles. The zero-order chi connectivity index (χ0) is 12.3. The van der Waals surface area contributed by atoms with Gasteiger partial charge in [-0.2, -0.15) is 17.6 Å². The van der Waals surface area contributed by atoms with Crippen molar-refractivity contribution in [3.05, 3.63) is 0 Å². The summed E-state index contributed by atoms with van der Waals surface area (Å²) in [4.78, 5) is 10.8. The van der Waals surface area contributed by atoms with Crippen molar-refractivity contribution in [2.45, 2.75) is 43.9 Å². The van der Waals surface area contributed by atoms with Gasteiger partial charge in [-0.1, -0.05) is 0 Å². The van der Waals surface area contributed by atoms with E-state index in [1.165, 1.54) is 20.8 Å². The van der Waals surface area contributed by atoms with Crippen LogP contribution in [0.25, 0.3) is 0 Å². The highest BCUT2D eigenvalue weighted by Crippen LogP contribution is 2.68. The largest absolute Gasteiger partial charge is 0.457 e. The van der Waals surface area contributed by atoms with Gasteiger partial charge in [-0.15, -0.1) is 0 Å². The number of carbonyl (C=O) groups excluding carboxylic acids is 1. The van der Waals surface area contributed by atoms with E-state index in [1.807, 2.05) is 0 Å². The summed E-state index contributed by atoms with van der Waals surface area (Å²) >= 11 is 0. The fourth-order valence-electron chi connectivity index (χ4n) is 0.991. The summed E-state index contributed by atoms with van der Waals surface area (Å²) in [6.45, 7) is 3.77. The molecule has 0 atom stereocenters. The summed E-state index contributed by atoms with van der Waals surface area (Å²) in [5.74, 6) is -12.2. The average Bonchev–Trinajstić information content (AvgIpc) is 2.26. The van der Waals surface area contributed by atoms with E-state index in [4.69, 9.17) is 0 Å². The maximum atomic E-state index is 13.0. The highest BCUT2D eigenvalue weighted by Gasteiger charge is 3.03. The minimum atomic E-state index is -4.98. The van der Waals surface area contributed by atoms with Crippen LogP contribution in [0.1, 0.15) is 20.8 Å². The fourth-order valence-corrected chi connectivity index (χ4v) is 0.991. The van der Waals surface area contributed by atoms with E-state index in [0.29, 0.717) is 0 Å². The SMILES string of the molecule is CC(C)(C)OC(=O)C1(F)C(F)(F)C1(F)F. The number of hydrogen-bond acceptors (Lipinski definition) is 2. The highest BCUT2D eigenvalue weighted by molar-refractivity contribution is 5.88. The molecule has 1 saturated carbocycles. The normalized spacial score (nSPS) is 25.9. The van der Waals surface area contributed by atoms with Gasteiger partial charge >= 0.3 is 23.5 Å². The van der Waals surface area contributed by atoms with Gasteiger partial charge in [0.1, 0.15) is 5.60 Å². The summed E-state index contributed by atoms with van der Waals surface area (Å²) in [6.07, 6.45) is 0. The Morgan fingerprint density at radius 3 is 1.53 bits per heavy atom. The molecule has 7 heteroatoms. The molecule has 0 aromatic rings. The molecule has 2 nitrogen and oxygen atoms in total. The maximum absolute atomic E-state index is 13.0. The first-order valence-electron chi connectivity index (χ1n) is 4.06. The van der Waals surface area contributed by atoms with Crippen molar-refractivity contribution >= 4 is 5.97 Å². The van der Waals surface area contributed by atoms with Crippen LogP contribution in [0.4, 0.5) is 22.0 Å². The van der Waals surface area contributed by atoms with E-state index >= 15 is 0 Å². The zero-order valence-electron chi connectivity index (χ0n) is 8.21. The predicted octanol–water partition coefficient (Wildman–Crippen LogP) is 2.32. The molecule has 0 spiro atoms. The first-order chi connectivity index (χ1) is 6.38. The molecule has 1 fully saturated rings. The molecular formula is C8H9F5O2. The smallest absolute Gasteiger partial charge is 0.364 e. The molecule has 0 aliphatic heterocycles. The predicted molar refractivity (Wildman–Crippen MR) is 39.6 cm³/mol. The van der Waals surface area contributed by atoms with E-state index in [1.54, 1.807) is 0 Å². The van der Waals surface area contributed by atoms with Crippen molar-refractivity contribution in [2.24, 2.45) is 0 Å². The molecule has 0 N–H and O–H groups in total. The quantitative estimate of drug-likeness (QED) is 0.512. The summed E-state index contributed by atoms with van der Waals surface area (Å²) in [6, 6.07) is 0. The Hall–Kier alpha value is -0.880. The molecule has 0 bridgehead atoms. The lowest BCUT2D eigenvalue weighted by Crippen LogP contribution is -2.35. The van der Waals surface area contributed by atoms with Gasteiger partial charge in [-0.05, 0) is 20.8 Å². The second-order valence-corrected chi connectivity index (χ2v) is 4.31. The molecule has 0 unspecified atom stereocenters. The van der Waals surface area contributed by atoms with Gasteiger partial charge in [0.15, 0.2) is 0 Å². The van der Waals surface area contributed by atoms with Crippen molar-refractivity contribution in [3.63, 3.8) is 0 Å². The Labute approximate surface area is 82.4 Å². The first-order valence-corrected chi connectivity index (χ1v) is 4.06. The number of halogens is 5. The van der Waals surface area contributed by atoms with Crippen LogP contribution in [0.15, 0.2) is 0 Å². The molecule has 1 rings (SSSR count). The number of alkyl halides is 5. The van der Waals surface area contributed by atoms with Crippen molar-refractivity contribution in [1.82, 2.24) is 0 Å². The van der Waals surface area contributed by atoms with Gasteiger partial charge in [0.05, 0.1) is 0 Å². The lowest BCUT2D eigenvalue weighted by Gasteiger charge is -2.20. The molecular weight excluding hydrogens is 223 g/mol. The summed E-state index contributed by atoms with van der Waals surface area (Å²) in [5.41, 5.74) is -5.82. The summed E-state index contributed by atoms with van der Waals surface area (Å²) in [7, 11) is 0. The second-order valence-electron chi connectivity index (χ2n) is 4.31. The van der Waals surface area contributed by atoms with Crippen LogP contribution in [0, 0.1) is 0 Å². The fraction of sp³-hybridized carbons (Fsp3) is 0.875. The molecule has 88 valence electrons. The van der Waals surface area contributed by atoms with Crippen LogP contribution in [-0.2, 0) is 9.53 Å². The lowest BCUT2D eigenvalue weighted by molar-refractivity contribution is -0.169. The van der Waals surface area contributed by atoms with E-state index in [0.717, 1.165) is 0 Å². The van der Waals surface area contributed by atoms with Crippen molar-refractivity contribution < 1.29 is 31.5 Å². The molecule has 0 radical (unpaired) electrons. The Bertz CT molecular complexity index is 291. The number of rotatable bonds is 1. The van der Waals surface area contributed by atoms with Gasteiger partial charge in [0.25, 0.3) is 0 Å². The Balaban J connectivity index is 2.89. The minimum Gasteiger partial charge on any atom is -0.457 e. The molecule has 0 amide bonds. The highest BCUT2D eigenvalue weighted by atomic mass is 19.3. The second kappa shape index (κ2) is 2.62. The number of esters is 1. The summed E-state index contributed by atoms with van der Waals surface area (Å²) in [5, 5.41) is 0. The van der Waals surface area contributed by atoms with Gasteiger partial charge in [0, 0.05) is 0 Å². The van der Waals surface area contributed by atoms with Crippen LogP contribution in [0.2, 0.25) is 0 Å². The molecule has 1 aliphatic rings. The first kappa shape index (κ1) is 12.2. The third-order valence-corrected chi connectivity index (χ3v) is 1.88. The topological polar surface area (TPSA) is 26.3 Å². The Kier molecular flexibility index (Phi) is 2.13. The number of carbonyl (C=O) groups is 1. The van der Waals surface area contributed by atoms with Crippen molar-refractivity contribution in [3.8, 4) is 0 Å². The average molecular weight is 232 g/mol. The molecule has 15 heavy (non-hydrogen) atoms. The van der Waals surface area contributed by atoms with Gasteiger partial charge in [0.2, 0.25) is 0 Å². The van der Waals surface area contributed by atoms with E-state index in [-0.39, 0.29) is 0 Å². The van der Waals surface area contributed by atoms with Crippen molar-refractivity contribution in [2.75, 3.05) is 0 Å². The Morgan fingerprint density at radius 2 is 1.33 bits per heavy atom. The molecule has 0 saturated heterocycles. The van der Waals surface area contributed by atoms with Gasteiger partial charge < -0.3 is 4.74 Å². The van der Waals surface area contributed by atoms with Crippen LogP contribution in [-0.4, -0.2) is 29.1 Å². The third kappa shape index (κ3) is 1.32.